The number of rotatable bonds is 6. The van der Waals surface area contributed by atoms with Gasteiger partial charge in [0.15, 0.2) is 0 Å². The summed E-state index contributed by atoms with van der Waals surface area (Å²) in [6.45, 7) is 0. The number of aryl methyl sites for hydroxylation is 2. The molecule has 18 heavy (non-hydrogen) atoms. The molecule has 0 aliphatic heterocycles. The van der Waals surface area contributed by atoms with Crippen LogP contribution in [0.15, 0.2) is 36.9 Å². The van der Waals surface area contributed by atoms with Gasteiger partial charge in [-0.25, -0.2) is 4.98 Å². The summed E-state index contributed by atoms with van der Waals surface area (Å²) >= 11 is 0. The molecule has 2 rings (SSSR count). The van der Waals surface area contributed by atoms with Gasteiger partial charge in [-0.15, -0.1) is 0 Å². The van der Waals surface area contributed by atoms with Crippen molar-refractivity contribution in [2.45, 2.75) is 25.3 Å². The van der Waals surface area contributed by atoms with Crippen molar-refractivity contribution in [3.05, 3.63) is 48.3 Å². The van der Waals surface area contributed by atoms with Crippen molar-refractivity contribution in [3.8, 4) is 0 Å². The lowest BCUT2D eigenvalue weighted by molar-refractivity contribution is 0.476. The van der Waals surface area contributed by atoms with Gasteiger partial charge in [0.2, 0.25) is 0 Å². The molecule has 0 spiro atoms. The molecule has 0 radical (unpaired) electrons. The molecule has 0 amide bonds. The second kappa shape index (κ2) is 6.28. The lowest BCUT2D eigenvalue weighted by atomic mass is 10.0. The maximum atomic E-state index is 5.60. The molecule has 2 aromatic heterocycles. The Morgan fingerprint density at radius 3 is 2.94 bits per heavy atom. The normalized spacial score (nSPS) is 12.6. The third-order valence-electron chi connectivity index (χ3n) is 3.09. The molecule has 0 saturated heterocycles. The molecular weight excluding hydrogens is 226 g/mol. The summed E-state index contributed by atoms with van der Waals surface area (Å²) in [6.07, 6.45) is 10.2. The van der Waals surface area contributed by atoms with Crippen LogP contribution in [-0.4, -0.2) is 20.6 Å². The van der Waals surface area contributed by atoms with E-state index in [1.165, 1.54) is 5.56 Å². The Kier molecular flexibility index (Phi) is 4.44. The lowest BCUT2D eigenvalue weighted by Gasteiger charge is -2.15. The fourth-order valence-electron chi connectivity index (χ4n) is 1.94. The Hall–Kier alpha value is -1.72. The van der Waals surface area contributed by atoms with Gasteiger partial charge in [-0.05, 0) is 24.5 Å². The van der Waals surface area contributed by atoms with E-state index in [0.717, 1.165) is 25.1 Å². The molecule has 2 heterocycles. The molecule has 0 aliphatic rings. The average molecular weight is 245 g/mol. The number of nitrogens with two attached hydrogens (primary N) is 1. The summed E-state index contributed by atoms with van der Waals surface area (Å²) < 4.78 is 2.02. The van der Waals surface area contributed by atoms with Gasteiger partial charge in [-0.3, -0.25) is 16.3 Å². The summed E-state index contributed by atoms with van der Waals surface area (Å²) in [5, 5.41) is 0. The lowest BCUT2D eigenvalue weighted by Crippen LogP contribution is -2.37. The number of hydrogen-bond acceptors (Lipinski definition) is 4. The monoisotopic (exact) mass is 245 g/mol. The van der Waals surface area contributed by atoms with E-state index in [1.54, 1.807) is 6.20 Å². The maximum absolute atomic E-state index is 5.60. The van der Waals surface area contributed by atoms with E-state index in [-0.39, 0.29) is 6.04 Å². The van der Waals surface area contributed by atoms with Crippen LogP contribution < -0.4 is 11.3 Å². The Morgan fingerprint density at radius 2 is 2.33 bits per heavy atom. The number of pyridine rings is 1. The van der Waals surface area contributed by atoms with E-state index >= 15 is 0 Å². The Morgan fingerprint density at radius 1 is 1.44 bits per heavy atom. The van der Waals surface area contributed by atoms with E-state index < -0.39 is 0 Å². The first-order valence-corrected chi connectivity index (χ1v) is 6.11. The highest BCUT2D eigenvalue weighted by atomic mass is 15.2. The molecular formula is C13H19N5. The second-order valence-corrected chi connectivity index (χ2v) is 4.42. The van der Waals surface area contributed by atoms with Gasteiger partial charge in [0.25, 0.3) is 0 Å². The van der Waals surface area contributed by atoms with E-state index in [0.29, 0.717) is 0 Å². The molecule has 1 unspecified atom stereocenters. The van der Waals surface area contributed by atoms with E-state index in [2.05, 4.69) is 21.5 Å². The third-order valence-corrected chi connectivity index (χ3v) is 3.09. The molecule has 5 heteroatoms. The first kappa shape index (κ1) is 12.7. The van der Waals surface area contributed by atoms with Crippen LogP contribution in [0, 0.1) is 0 Å². The van der Waals surface area contributed by atoms with E-state index in [4.69, 9.17) is 5.84 Å². The fourth-order valence-corrected chi connectivity index (χ4v) is 1.94. The fraction of sp³-hybridized carbons (Fsp3) is 0.385. The quantitative estimate of drug-likeness (QED) is 0.584. The number of hydrogen-bond donors (Lipinski definition) is 2. The van der Waals surface area contributed by atoms with Crippen molar-refractivity contribution in [3.63, 3.8) is 0 Å². The summed E-state index contributed by atoms with van der Waals surface area (Å²) in [6, 6.07) is 4.27. The summed E-state index contributed by atoms with van der Waals surface area (Å²) in [5.41, 5.74) is 4.10. The van der Waals surface area contributed by atoms with E-state index in [9.17, 15) is 0 Å². The number of nitrogens with one attached hydrogen (secondary N) is 1. The zero-order valence-corrected chi connectivity index (χ0v) is 10.6. The molecule has 5 nitrogen and oxygen atoms in total. The SMILES string of the molecule is Cn1ccnc1CC(CCc1cccnc1)NN. The molecule has 0 fully saturated rings. The van der Waals surface area contributed by atoms with E-state index in [1.807, 2.05) is 36.3 Å². The third kappa shape index (κ3) is 3.38. The standard InChI is InChI=1S/C13H19N5/c1-18-8-7-16-13(18)9-12(17-14)5-4-11-3-2-6-15-10-11/h2-3,6-8,10,12,17H,4-5,9,14H2,1H3. The van der Waals surface area contributed by atoms with Crippen LogP contribution in [-0.2, 0) is 19.9 Å². The minimum Gasteiger partial charge on any atom is -0.338 e. The van der Waals surface area contributed by atoms with Crippen LogP contribution in [0.5, 0.6) is 0 Å². The Bertz CT molecular complexity index is 465. The van der Waals surface area contributed by atoms with Crippen molar-refractivity contribution in [1.29, 1.82) is 0 Å². The Balaban J connectivity index is 1.88. The van der Waals surface area contributed by atoms with Crippen LogP contribution in [0.2, 0.25) is 0 Å². The molecule has 2 aromatic rings. The highest BCUT2D eigenvalue weighted by Crippen LogP contribution is 2.07. The second-order valence-electron chi connectivity index (χ2n) is 4.42. The van der Waals surface area contributed by atoms with Crippen molar-refractivity contribution < 1.29 is 0 Å². The highest BCUT2D eigenvalue weighted by Gasteiger charge is 2.10. The van der Waals surface area contributed by atoms with Gasteiger partial charge in [0, 0.05) is 44.3 Å². The highest BCUT2D eigenvalue weighted by molar-refractivity contribution is 5.09. The molecule has 0 saturated carbocycles. The van der Waals surface area contributed by atoms with Crippen LogP contribution in [0.1, 0.15) is 17.8 Å². The molecule has 0 aromatic carbocycles. The maximum Gasteiger partial charge on any atom is 0.109 e. The van der Waals surface area contributed by atoms with Gasteiger partial charge in [0.1, 0.15) is 5.82 Å². The minimum absolute atomic E-state index is 0.228. The molecule has 0 bridgehead atoms. The average Bonchev–Trinajstić information content (AvgIpc) is 2.81. The zero-order chi connectivity index (χ0) is 12.8. The number of imidazole rings is 1. The van der Waals surface area contributed by atoms with Crippen LogP contribution in [0.3, 0.4) is 0 Å². The number of aromatic nitrogens is 3. The first-order valence-electron chi connectivity index (χ1n) is 6.11. The molecule has 0 aliphatic carbocycles. The van der Waals surface area contributed by atoms with Crippen molar-refractivity contribution in [2.24, 2.45) is 12.9 Å². The largest absolute Gasteiger partial charge is 0.338 e. The predicted octanol–water partition coefficient (Wildman–Crippen LogP) is 0.822. The summed E-state index contributed by atoms with van der Waals surface area (Å²) in [5.74, 6) is 6.65. The zero-order valence-electron chi connectivity index (χ0n) is 10.6. The van der Waals surface area contributed by atoms with Gasteiger partial charge in [-0.1, -0.05) is 6.07 Å². The smallest absolute Gasteiger partial charge is 0.109 e. The van der Waals surface area contributed by atoms with Crippen LogP contribution >= 0.6 is 0 Å². The first-order chi connectivity index (χ1) is 8.79. The molecule has 3 N–H and O–H groups in total. The summed E-state index contributed by atoms with van der Waals surface area (Å²) in [7, 11) is 2.00. The van der Waals surface area contributed by atoms with Gasteiger partial charge < -0.3 is 4.57 Å². The van der Waals surface area contributed by atoms with Gasteiger partial charge in [0.05, 0.1) is 0 Å². The minimum atomic E-state index is 0.228. The topological polar surface area (TPSA) is 68.8 Å². The van der Waals surface area contributed by atoms with Crippen LogP contribution in [0.25, 0.3) is 0 Å². The van der Waals surface area contributed by atoms with Crippen molar-refractivity contribution in [2.75, 3.05) is 0 Å². The van der Waals surface area contributed by atoms with Gasteiger partial charge in [-0.2, -0.15) is 0 Å². The number of hydrazine groups is 1. The molecule has 1 atom stereocenters. The summed E-state index contributed by atoms with van der Waals surface area (Å²) in [4.78, 5) is 8.42. The van der Waals surface area contributed by atoms with Crippen molar-refractivity contribution >= 4 is 0 Å². The van der Waals surface area contributed by atoms with Gasteiger partial charge >= 0.3 is 0 Å². The van der Waals surface area contributed by atoms with Crippen molar-refractivity contribution in [1.82, 2.24) is 20.0 Å². The number of nitrogens with zero attached hydrogens (tertiary/aromatic N) is 3. The molecule has 96 valence electrons. The predicted molar refractivity (Wildman–Crippen MR) is 70.6 cm³/mol. The Labute approximate surface area is 107 Å². The van der Waals surface area contributed by atoms with Crippen LogP contribution in [0.4, 0.5) is 0 Å².